The maximum absolute atomic E-state index is 3.45. The van der Waals surface area contributed by atoms with Gasteiger partial charge in [-0.1, -0.05) is 38.8 Å². The number of anilines is 1. The first-order valence-electron chi connectivity index (χ1n) is 7.06. The maximum atomic E-state index is 3.45. The molecule has 0 aliphatic carbocycles. The molecular formula is C16H28N2. The van der Waals surface area contributed by atoms with Crippen LogP contribution in [0.5, 0.6) is 0 Å². The van der Waals surface area contributed by atoms with Crippen LogP contribution in [-0.2, 0) is 0 Å². The Balaban J connectivity index is 2.75. The van der Waals surface area contributed by atoms with Crippen LogP contribution in [0.1, 0.15) is 44.7 Å². The number of hydrogen-bond acceptors (Lipinski definition) is 2. The van der Waals surface area contributed by atoms with Gasteiger partial charge in [0, 0.05) is 25.8 Å². The summed E-state index contributed by atoms with van der Waals surface area (Å²) >= 11 is 0. The van der Waals surface area contributed by atoms with Crippen LogP contribution in [0.25, 0.3) is 0 Å². The van der Waals surface area contributed by atoms with Gasteiger partial charge in [0.05, 0.1) is 0 Å². The summed E-state index contributed by atoms with van der Waals surface area (Å²) in [5, 5.41) is 3.45. The van der Waals surface area contributed by atoms with E-state index in [0.717, 1.165) is 5.92 Å². The van der Waals surface area contributed by atoms with E-state index < -0.39 is 0 Å². The minimum Gasteiger partial charge on any atom is -0.378 e. The molecule has 0 fully saturated rings. The van der Waals surface area contributed by atoms with Crippen LogP contribution in [0.3, 0.4) is 0 Å². The third kappa shape index (κ3) is 4.02. The zero-order valence-electron chi connectivity index (χ0n) is 12.5. The number of nitrogens with zero attached hydrogens (tertiary/aromatic N) is 1. The van der Waals surface area contributed by atoms with Crippen LogP contribution in [0.2, 0.25) is 0 Å². The molecule has 102 valence electrons. The molecule has 18 heavy (non-hydrogen) atoms. The fourth-order valence-corrected chi connectivity index (χ4v) is 2.38. The molecular weight excluding hydrogens is 220 g/mol. The molecule has 1 rings (SSSR count). The first-order chi connectivity index (χ1) is 8.62. The molecule has 0 amide bonds. The van der Waals surface area contributed by atoms with Gasteiger partial charge in [-0.3, -0.25) is 0 Å². The summed E-state index contributed by atoms with van der Waals surface area (Å²) < 4.78 is 0. The lowest BCUT2D eigenvalue weighted by atomic mass is 9.91. The minimum absolute atomic E-state index is 0.478. The summed E-state index contributed by atoms with van der Waals surface area (Å²) in [7, 11) is 6.22. The molecule has 1 N–H and O–H groups in total. The molecule has 1 unspecified atom stereocenters. The molecule has 0 aliphatic heterocycles. The second-order valence-corrected chi connectivity index (χ2v) is 5.25. The smallest absolute Gasteiger partial charge is 0.0361 e. The van der Waals surface area contributed by atoms with Crippen molar-refractivity contribution in [3.05, 3.63) is 29.8 Å². The molecule has 1 aromatic carbocycles. The highest BCUT2D eigenvalue weighted by Gasteiger charge is 2.14. The van der Waals surface area contributed by atoms with E-state index in [4.69, 9.17) is 0 Å². The van der Waals surface area contributed by atoms with Crippen molar-refractivity contribution in [3.63, 3.8) is 0 Å². The fraction of sp³-hybridized carbons (Fsp3) is 0.625. The van der Waals surface area contributed by atoms with Crippen molar-refractivity contribution in [2.75, 3.05) is 26.0 Å². The van der Waals surface area contributed by atoms with Crippen LogP contribution in [0, 0.1) is 5.92 Å². The molecule has 1 atom stereocenters. The van der Waals surface area contributed by atoms with Crippen LogP contribution >= 0.6 is 0 Å². The monoisotopic (exact) mass is 248 g/mol. The van der Waals surface area contributed by atoms with Crippen LogP contribution < -0.4 is 10.2 Å². The minimum atomic E-state index is 0.478. The highest BCUT2D eigenvalue weighted by atomic mass is 15.1. The second-order valence-electron chi connectivity index (χ2n) is 5.25. The Morgan fingerprint density at radius 1 is 1.06 bits per heavy atom. The van der Waals surface area contributed by atoms with E-state index in [1.165, 1.54) is 30.5 Å². The zero-order valence-corrected chi connectivity index (χ0v) is 12.5. The Kier molecular flexibility index (Phi) is 6.20. The van der Waals surface area contributed by atoms with Crippen molar-refractivity contribution in [1.82, 2.24) is 5.32 Å². The van der Waals surface area contributed by atoms with Gasteiger partial charge in [-0.15, -0.1) is 0 Å². The number of rotatable bonds is 7. The quantitative estimate of drug-likeness (QED) is 0.788. The second kappa shape index (κ2) is 7.42. The van der Waals surface area contributed by atoms with Gasteiger partial charge in [0.1, 0.15) is 0 Å². The van der Waals surface area contributed by atoms with E-state index in [1.807, 2.05) is 0 Å². The molecule has 1 aromatic rings. The van der Waals surface area contributed by atoms with Gasteiger partial charge < -0.3 is 10.2 Å². The third-order valence-electron chi connectivity index (χ3n) is 3.88. The standard InChI is InChI=1S/C16H28N2/c1-6-13(7-2)12-16(17-3)14-8-10-15(11-9-14)18(4)5/h8-11,13,16-17H,6-7,12H2,1-5H3. The SMILES string of the molecule is CCC(CC)CC(NC)c1ccc(N(C)C)cc1. The molecule has 0 saturated heterocycles. The molecule has 2 nitrogen and oxygen atoms in total. The van der Waals surface area contributed by atoms with Gasteiger partial charge in [-0.05, 0) is 37.1 Å². The van der Waals surface area contributed by atoms with Crippen LogP contribution in [0.4, 0.5) is 5.69 Å². The van der Waals surface area contributed by atoms with E-state index >= 15 is 0 Å². The first kappa shape index (κ1) is 15.0. The summed E-state index contributed by atoms with van der Waals surface area (Å²) in [6.45, 7) is 4.58. The molecule has 0 saturated carbocycles. The van der Waals surface area contributed by atoms with Crippen LogP contribution in [0.15, 0.2) is 24.3 Å². The predicted octanol–water partition coefficient (Wildman–Crippen LogP) is 3.84. The lowest BCUT2D eigenvalue weighted by Gasteiger charge is -2.22. The highest BCUT2D eigenvalue weighted by Crippen LogP contribution is 2.26. The summed E-state index contributed by atoms with van der Waals surface area (Å²) in [4.78, 5) is 2.14. The highest BCUT2D eigenvalue weighted by molar-refractivity contribution is 5.46. The Morgan fingerprint density at radius 3 is 2.00 bits per heavy atom. The zero-order chi connectivity index (χ0) is 13.5. The summed E-state index contributed by atoms with van der Waals surface area (Å²) in [5.41, 5.74) is 2.66. The Labute approximate surface area is 112 Å². The summed E-state index contributed by atoms with van der Waals surface area (Å²) in [6, 6.07) is 9.38. The van der Waals surface area contributed by atoms with Gasteiger partial charge in [0.2, 0.25) is 0 Å². The fourth-order valence-electron chi connectivity index (χ4n) is 2.38. The predicted molar refractivity (Wildman–Crippen MR) is 81.3 cm³/mol. The van der Waals surface area contributed by atoms with Crippen molar-refractivity contribution < 1.29 is 0 Å². The average molecular weight is 248 g/mol. The van der Waals surface area contributed by atoms with E-state index in [2.05, 4.69) is 69.5 Å². The van der Waals surface area contributed by atoms with E-state index in [-0.39, 0.29) is 0 Å². The van der Waals surface area contributed by atoms with E-state index in [9.17, 15) is 0 Å². The Morgan fingerprint density at radius 2 is 1.61 bits per heavy atom. The van der Waals surface area contributed by atoms with E-state index in [1.54, 1.807) is 0 Å². The van der Waals surface area contributed by atoms with Crippen molar-refractivity contribution in [3.8, 4) is 0 Å². The van der Waals surface area contributed by atoms with E-state index in [0.29, 0.717) is 6.04 Å². The van der Waals surface area contributed by atoms with Crippen molar-refractivity contribution in [2.45, 2.75) is 39.2 Å². The first-order valence-corrected chi connectivity index (χ1v) is 7.06. The Hall–Kier alpha value is -1.02. The topological polar surface area (TPSA) is 15.3 Å². The van der Waals surface area contributed by atoms with Gasteiger partial charge in [-0.2, -0.15) is 0 Å². The van der Waals surface area contributed by atoms with Crippen molar-refractivity contribution in [1.29, 1.82) is 0 Å². The molecule has 2 heteroatoms. The molecule has 0 radical (unpaired) electrons. The third-order valence-corrected chi connectivity index (χ3v) is 3.88. The molecule has 0 bridgehead atoms. The average Bonchev–Trinajstić information content (AvgIpc) is 2.40. The van der Waals surface area contributed by atoms with Crippen molar-refractivity contribution in [2.24, 2.45) is 5.92 Å². The van der Waals surface area contributed by atoms with Crippen molar-refractivity contribution >= 4 is 5.69 Å². The molecule has 0 spiro atoms. The number of nitrogens with one attached hydrogen (secondary N) is 1. The largest absolute Gasteiger partial charge is 0.378 e. The lowest BCUT2D eigenvalue weighted by molar-refractivity contribution is 0.385. The summed E-state index contributed by atoms with van der Waals surface area (Å²) in [5.74, 6) is 0.816. The lowest BCUT2D eigenvalue weighted by Crippen LogP contribution is -2.19. The molecule has 0 aromatic heterocycles. The normalized spacial score (nSPS) is 12.8. The maximum Gasteiger partial charge on any atom is 0.0361 e. The Bertz CT molecular complexity index is 325. The molecule has 0 aliphatic rings. The number of benzene rings is 1. The number of hydrogen-bond donors (Lipinski definition) is 1. The summed E-state index contributed by atoms with van der Waals surface area (Å²) in [6.07, 6.45) is 3.76. The van der Waals surface area contributed by atoms with Gasteiger partial charge in [-0.25, -0.2) is 0 Å². The molecule has 0 heterocycles. The van der Waals surface area contributed by atoms with Crippen LogP contribution in [-0.4, -0.2) is 21.1 Å². The van der Waals surface area contributed by atoms with Gasteiger partial charge in [0.15, 0.2) is 0 Å². The van der Waals surface area contributed by atoms with Gasteiger partial charge >= 0.3 is 0 Å². The van der Waals surface area contributed by atoms with Gasteiger partial charge in [0.25, 0.3) is 0 Å².